The van der Waals surface area contributed by atoms with Gasteiger partial charge in [-0.2, -0.15) is 0 Å². The number of amides is 1. The maximum Gasteiger partial charge on any atom is 0.230 e. The van der Waals surface area contributed by atoms with E-state index in [1.54, 1.807) is 0 Å². The molecule has 3 saturated heterocycles. The van der Waals surface area contributed by atoms with Gasteiger partial charge in [-0.3, -0.25) is 4.79 Å². The third-order valence-corrected chi connectivity index (χ3v) is 7.93. The summed E-state index contributed by atoms with van der Waals surface area (Å²) in [6.07, 6.45) is 10.6. The first kappa shape index (κ1) is 17.4. The van der Waals surface area contributed by atoms with Crippen molar-refractivity contribution in [2.75, 3.05) is 51.2 Å². The molecule has 6 nitrogen and oxygen atoms in total. The molecule has 1 saturated carbocycles. The molecule has 4 aliphatic rings. The monoisotopic (exact) mass is 369 g/mol. The van der Waals surface area contributed by atoms with Gasteiger partial charge in [0.15, 0.2) is 0 Å². The fourth-order valence-electron chi connectivity index (χ4n) is 6.59. The lowest BCUT2D eigenvalue weighted by Gasteiger charge is -2.44. The maximum absolute atomic E-state index is 13.6. The number of fused-ring (bicyclic) bond motifs is 2. The lowest BCUT2D eigenvalue weighted by Crippen LogP contribution is -2.49. The summed E-state index contributed by atoms with van der Waals surface area (Å²) in [5.41, 5.74) is 0.204. The van der Waals surface area contributed by atoms with Crippen LogP contribution in [0.1, 0.15) is 38.5 Å². The van der Waals surface area contributed by atoms with Crippen molar-refractivity contribution in [1.82, 2.24) is 19.8 Å². The Balaban J connectivity index is 1.37. The predicted octanol–water partition coefficient (Wildman–Crippen LogP) is 2.03. The Morgan fingerprint density at radius 2 is 1.74 bits per heavy atom. The quantitative estimate of drug-likeness (QED) is 0.798. The van der Waals surface area contributed by atoms with Crippen molar-refractivity contribution in [2.45, 2.75) is 38.5 Å². The molecule has 6 heteroatoms. The highest BCUT2D eigenvalue weighted by molar-refractivity contribution is 5.84. The summed E-state index contributed by atoms with van der Waals surface area (Å²) in [5, 5.41) is 0. The van der Waals surface area contributed by atoms with Crippen LogP contribution in [0, 0.1) is 16.7 Å². The van der Waals surface area contributed by atoms with Gasteiger partial charge in [0.25, 0.3) is 0 Å². The van der Waals surface area contributed by atoms with Crippen molar-refractivity contribution in [2.24, 2.45) is 16.7 Å². The lowest BCUT2D eigenvalue weighted by molar-refractivity contribution is -0.142. The number of aromatic nitrogens is 2. The first-order valence-corrected chi connectivity index (χ1v) is 10.6. The van der Waals surface area contributed by atoms with Gasteiger partial charge in [-0.1, -0.05) is 0 Å². The molecule has 4 fully saturated rings. The van der Waals surface area contributed by atoms with E-state index in [0.717, 1.165) is 51.6 Å². The van der Waals surface area contributed by atoms with E-state index >= 15 is 0 Å². The van der Waals surface area contributed by atoms with Gasteiger partial charge in [0.2, 0.25) is 11.9 Å². The molecule has 2 atom stereocenters. The second-order valence-electron chi connectivity index (χ2n) is 9.30. The highest BCUT2D eigenvalue weighted by Crippen LogP contribution is 2.62. The molecule has 146 valence electrons. The lowest BCUT2D eigenvalue weighted by atomic mass is 9.65. The van der Waals surface area contributed by atoms with Gasteiger partial charge in [0.1, 0.15) is 0 Å². The van der Waals surface area contributed by atoms with Crippen LogP contribution in [0.15, 0.2) is 18.5 Å². The molecular weight excluding hydrogens is 338 g/mol. The van der Waals surface area contributed by atoms with Crippen molar-refractivity contribution in [3.63, 3.8) is 0 Å². The first-order valence-electron chi connectivity index (χ1n) is 10.6. The Morgan fingerprint density at radius 3 is 2.44 bits per heavy atom. The predicted molar refractivity (Wildman–Crippen MR) is 104 cm³/mol. The van der Waals surface area contributed by atoms with Gasteiger partial charge in [-0.25, -0.2) is 9.97 Å². The highest BCUT2D eigenvalue weighted by Gasteiger charge is 2.64. The van der Waals surface area contributed by atoms with E-state index in [2.05, 4.69) is 31.7 Å². The second-order valence-corrected chi connectivity index (χ2v) is 9.30. The Kier molecular flexibility index (Phi) is 4.15. The molecule has 1 aromatic rings. The molecule has 3 aliphatic heterocycles. The molecule has 27 heavy (non-hydrogen) atoms. The van der Waals surface area contributed by atoms with Crippen LogP contribution in [0.5, 0.6) is 0 Å². The van der Waals surface area contributed by atoms with Gasteiger partial charge < -0.3 is 14.7 Å². The number of hydrogen-bond acceptors (Lipinski definition) is 5. The minimum absolute atomic E-state index is 0.121. The van der Waals surface area contributed by atoms with Crippen LogP contribution in [0.4, 0.5) is 5.95 Å². The smallest absolute Gasteiger partial charge is 0.230 e. The zero-order valence-electron chi connectivity index (χ0n) is 16.4. The van der Waals surface area contributed by atoms with Gasteiger partial charge >= 0.3 is 0 Å². The fourth-order valence-corrected chi connectivity index (χ4v) is 6.59. The summed E-state index contributed by atoms with van der Waals surface area (Å²) in [6, 6.07) is 1.87. The van der Waals surface area contributed by atoms with Gasteiger partial charge in [-0.05, 0) is 63.0 Å². The number of likely N-dealkylation sites (tertiary alicyclic amines) is 2. The molecule has 5 rings (SSSR count). The molecule has 1 aromatic heterocycles. The number of anilines is 1. The van der Waals surface area contributed by atoms with Crippen molar-refractivity contribution < 1.29 is 4.79 Å². The largest absolute Gasteiger partial charge is 0.342 e. The van der Waals surface area contributed by atoms with Crippen LogP contribution in [0.25, 0.3) is 0 Å². The van der Waals surface area contributed by atoms with Crippen LogP contribution >= 0.6 is 0 Å². The molecule has 0 aromatic carbocycles. The molecule has 0 unspecified atom stereocenters. The third kappa shape index (κ3) is 2.67. The Bertz CT molecular complexity index is 696. The summed E-state index contributed by atoms with van der Waals surface area (Å²) in [6.45, 7) is 6.02. The molecular formula is C21H31N5O. The topological polar surface area (TPSA) is 52.6 Å². The van der Waals surface area contributed by atoms with E-state index in [1.807, 2.05) is 18.5 Å². The molecule has 1 amide bonds. The summed E-state index contributed by atoms with van der Waals surface area (Å²) in [5.74, 6) is 1.84. The third-order valence-electron chi connectivity index (χ3n) is 7.93. The fraction of sp³-hybridized carbons (Fsp3) is 0.762. The number of carbonyl (C=O) groups excluding carboxylic acids is 1. The van der Waals surface area contributed by atoms with Crippen molar-refractivity contribution >= 4 is 11.9 Å². The zero-order chi connectivity index (χ0) is 18.5. The van der Waals surface area contributed by atoms with Crippen molar-refractivity contribution in [3.05, 3.63) is 18.5 Å². The standard InChI is InChI=1S/C21H31N5O/c1-24-15-17-20(7-13-26(14-8-20)19-22-9-4-10-23-19)5-6-21(17,16-24)18(27)25-11-2-3-12-25/h4,9-10,17H,2-3,5-8,11-16H2,1H3/t17-,21+/m0/s1. The van der Waals surface area contributed by atoms with Crippen LogP contribution in [0.3, 0.4) is 0 Å². The van der Waals surface area contributed by atoms with Gasteiger partial charge in [-0.15, -0.1) is 0 Å². The average molecular weight is 370 g/mol. The summed E-state index contributed by atoms with van der Waals surface area (Å²) < 4.78 is 0. The SMILES string of the molecule is CN1C[C@H]2C3(CCN(c4ncccn4)CC3)CC[C@@]2(C(=O)N2CCCC2)C1. The Morgan fingerprint density at radius 1 is 1.04 bits per heavy atom. The number of nitrogens with zero attached hydrogens (tertiary/aromatic N) is 5. The van der Waals surface area contributed by atoms with Crippen molar-refractivity contribution in [3.8, 4) is 0 Å². The maximum atomic E-state index is 13.6. The van der Waals surface area contributed by atoms with Crippen LogP contribution in [-0.4, -0.2) is 72.0 Å². The molecule has 0 radical (unpaired) electrons. The number of piperidine rings is 1. The summed E-state index contributed by atoms with van der Waals surface area (Å²) in [7, 11) is 2.21. The minimum atomic E-state index is -0.121. The molecule has 0 bridgehead atoms. The normalized spacial score (nSPS) is 33.0. The average Bonchev–Trinajstić information content (AvgIpc) is 3.41. The number of hydrogen-bond donors (Lipinski definition) is 0. The van der Waals surface area contributed by atoms with Crippen LogP contribution in [-0.2, 0) is 4.79 Å². The second kappa shape index (κ2) is 6.43. The zero-order valence-corrected chi connectivity index (χ0v) is 16.4. The first-order chi connectivity index (χ1) is 13.1. The van der Waals surface area contributed by atoms with E-state index in [0.29, 0.717) is 17.2 Å². The highest BCUT2D eigenvalue weighted by atomic mass is 16.2. The summed E-state index contributed by atoms with van der Waals surface area (Å²) >= 11 is 0. The molecule has 0 N–H and O–H groups in total. The van der Waals surface area contributed by atoms with E-state index in [-0.39, 0.29) is 5.41 Å². The Labute approximate surface area is 161 Å². The number of rotatable bonds is 2. The Hall–Kier alpha value is -1.69. The van der Waals surface area contributed by atoms with E-state index < -0.39 is 0 Å². The molecule has 1 aliphatic carbocycles. The van der Waals surface area contributed by atoms with E-state index in [4.69, 9.17) is 0 Å². The number of carbonyl (C=O) groups is 1. The van der Waals surface area contributed by atoms with Crippen LogP contribution < -0.4 is 4.90 Å². The van der Waals surface area contributed by atoms with Gasteiger partial charge in [0.05, 0.1) is 5.41 Å². The van der Waals surface area contributed by atoms with Crippen molar-refractivity contribution in [1.29, 1.82) is 0 Å². The van der Waals surface area contributed by atoms with E-state index in [9.17, 15) is 4.79 Å². The van der Waals surface area contributed by atoms with E-state index in [1.165, 1.54) is 32.1 Å². The van der Waals surface area contributed by atoms with Gasteiger partial charge in [0, 0.05) is 51.7 Å². The minimum Gasteiger partial charge on any atom is -0.342 e. The molecule has 4 heterocycles. The van der Waals surface area contributed by atoms with Crippen LogP contribution in [0.2, 0.25) is 0 Å². The molecule has 1 spiro atoms. The summed E-state index contributed by atoms with van der Waals surface area (Å²) in [4.78, 5) is 29.4.